The third-order valence-electron chi connectivity index (χ3n) is 3.87. The van der Waals surface area contributed by atoms with Crippen molar-refractivity contribution in [2.24, 2.45) is 23.7 Å². The van der Waals surface area contributed by atoms with Gasteiger partial charge in [-0.25, -0.2) is 0 Å². The number of rotatable bonds is 6. The Morgan fingerprint density at radius 2 is 1.45 bits per heavy atom. The van der Waals surface area contributed by atoms with Crippen molar-refractivity contribution >= 4 is 11.9 Å². The largest absolute Gasteiger partial charge is 0.550 e. The molecule has 0 unspecified atom stereocenters. The van der Waals surface area contributed by atoms with Gasteiger partial charge in [0.05, 0.1) is 0 Å². The lowest BCUT2D eigenvalue weighted by molar-refractivity contribution is -0.314. The van der Waals surface area contributed by atoms with E-state index in [-0.39, 0.29) is 11.8 Å². The van der Waals surface area contributed by atoms with Crippen LogP contribution in [0.4, 0.5) is 0 Å². The average Bonchev–Trinajstić information content (AvgIpc) is 2.36. The number of hydrogen-bond donors (Lipinski definition) is 0. The van der Waals surface area contributed by atoms with Gasteiger partial charge < -0.3 is 14.8 Å². The molecule has 0 aliphatic heterocycles. The summed E-state index contributed by atoms with van der Waals surface area (Å²) in [6.45, 7) is 9.73. The van der Waals surface area contributed by atoms with Crippen molar-refractivity contribution in [1.82, 2.24) is 4.90 Å². The van der Waals surface area contributed by atoms with Gasteiger partial charge in [0.25, 0.3) is 0 Å². The van der Waals surface area contributed by atoms with Gasteiger partial charge >= 0.3 is 0 Å². The fourth-order valence-corrected chi connectivity index (χ4v) is 3.08. The number of carbonyl (C=O) groups excluding carboxylic acids is 2. The van der Waals surface area contributed by atoms with Crippen molar-refractivity contribution in [1.29, 1.82) is 0 Å². The van der Waals surface area contributed by atoms with Crippen molar-refractivity contribution < 1.29 is 14.7 Å². The molecule has 0 spiro atoms. The number of aliphatic carboxylic acids is 1. The second-order valence-electron chi connectivity index (χ2n) is 6.85. The molecular formula is C16H28NO3-. The van der Waals surface area contributed by atoms with Crippen molar-refractivity contribution in [2.75, 3.05) is 13.1 Å². The summed E-state index contributed by atoms with van der Waals surface area (Å²) in [6, 6.07) is 0. The minimum atomic E-state index is -1.06. The van der Waals surface area contributed by atoms with Crippen LogP contribution >= 0.6 is 0 Å². The van der Waals surface area contributed by atoms with Crippen LogP contribution < -0.4 is 5.11 Å². The van der Waals surface area contributed by atoms with Gasteiger partial charge in [0.15, 0.2) is 0 Å². The minimum absolute atomic E-state index is 0.0151. The van der Waals surface area contributed by atoms with Crippen LogP contribution in [0.3, 0.4) is 0 Å². The first-order chi connectivity index (χ1) is 9.32. The molecule has 116 valence electrons. The van der Waals surface area contributed by atoms with Crippen LogP contribution in [0.5, 0.6) is 0 Å². The Bertz CT molecular complexity index is 329. The van der Waals surface area contributed by atoms with Crippen molar-refractivity contribution in [3.63, 3.8) is 0 Å². The van der Waals surface area contributed by atoms with Gasteiger partial charge in [-0.15, -0.1) is 0 Å². The van der Waals surface area contributed by atoms with Gasteiger partial charge in [-0.1, -0.05) is 40.5 Å². The van der Waals surface area contributed by atoms with Crippen LogP contribution in [-0.2, 0) is 9.59 Å². The van der Waals surface area contributed by atoms with Gasteiger partial charge in [0.2, 0.25) is 5.91 Å². The maximum absolute atomic E-state index is 12.7. The van der Waals surface area contributed by atoms with E-state index in [1.54, 1.807) is 0 Å². The van der Waals surface area contributed by atoms with Gasteiger partial charge in [-0.05, 0) is 24.7 Å². The molecule has 1 aliphatic carbocycles. The molecule has 0 aromatic heterocycles. The maximum Gasteiger partial charge on any atom is 0.226 e. The SMILES string of the molecule is CC(C)CN(CC(C)C)C(=O)[C@H]1CCCC[C@@H]1C(=O)[O-]. The number of hydrogen-bond acceptors (Lipinski definition) is 3. The summed E-state index contributed by atoms with van der Waals surface area (Å²) in [5.41, 5.74) is 0. The third kappa shape index (κ3) is 4.80. The summed E-state index contributed by atoms with van der Waals surface area (Å²) < 4.78 is 0. The summed E-state index contributed by atoms with van der Waals surface area (Å²) in [7, 11) is 0. The number of carbonyl (C=O) groups is 2. The molecule has 1 aliphatic rings. The van der Waals surface area contributed by atoms with E-state index in [1.807, 2.05) is 4.90 Å². The molecule has 0 saturated heterocycles. The van der Waals surface area contributed by atoms with Gasteiger partial charge in [0, 0.05) is 30.9 Å². The monoisotopic (exact) mass is 282 g/mol. The summed E-state index contributed by atoms with van der Waals surface area (Å²) in [4.78, 5) is 25.8. The fourth-order valence-electron chi connectivity index (χ4n) is 3.08. The van der Waals surface area contributed by atoms with Crippen molar-refractivity contribution in [3.05, 3.63) is 0 Å². The second-order valence-corrected chi connectivity index (χ2v) is 6.85. The number of nitrogens with zero attached hydrogens (tertiary/aromatic N) is 1. The Morgan fingerprint density at radius 1 is 1.00 bits per heavy atom. The normalized spacial score (nSPS) is 23.1. The lowest BCUT2D eigenvalue weighted by Crippen LogP contribution is -2.47. The molecule has 4 nitrogen and oxygen atoms in total. The standard InChI is InChI=1S/C16H29NO3/c1-11(2)9-17(10-12(3)4)15(18)13-7-5-6-8-14(13)16(19)20/h11-14H,5-10H2,1-4H3,(H,19,20)/p-1/t13-,14-/m0/s1. The van der Waals surface area contributed by atoms with E-state index in [1.165, 1.54) is 0 Å². The Hall–Kier alpha value is -1.06. The molecule has 1 amide bonds. The molecular weight excluding hydrogens is 254 g/mol. The number of amides is 1. The first-order valence-corrected chi connectivity index (χ1v) is 7.82. The van der Waals surface area contributed by atoms with Crippen molar-refractivity contribution in [3.8, 4) is 0 Å². The van der Waals surface area contributed by atoms with Crippen LogP contribution in [0.25, 0.3) is 0 Å². The predicted molar refractivity (Wildman–Crippen MR) is 76.7 cm³/mol. The molecule has 1 saturated carbocycles. The van der Waals surface area contributed by atoms with Crippen LogP contribution in [0.15, 0.2) is 0 Å². The first-order valence-electron chi connectivity index (χ1n) is 7.82. The lowest BCUT2D eigenvalue weighted by atomic mass is 9.78. The minimum Gasteiger partial charge on any atom is -0.550 e. The predicted octanol–water partition coefficient (Wildman–Crippen LogP) is 1.68. The quantitative estimate of drug-likeness (QED) is 0.744. The Kier molecular flexibility index (Phi) is 6.50. The van der Waals surface area contributed by atoms with E-state index in [4.69, 9.17) is 0 Å². The highest BCUT2D eigenvalue weighted by atomic mass is 16.4. The Balaban J connectivity index is 2.82. The number of carboxylic acid groups (broad SMARTS) is 1. The molecule has 0 radical (unpaired) electrons. The van der Waals surface area contributed by atoms with Gasteiger partial charge in [-0.3, -0.25) is 4.79 Å². The van der Waals surface area contributed by atoms with Crippen LogP contribution in [0.2, 0.25) is 0 Å². The first kappa shape index (κ1) is 17.0. The van der Waals surface area contributed by atoms with E-state index in [9.17, 15) is 14.7 Å². The Morgan fingerprint density at radius 3 is 1.85 bits per heavy atom. The topological polar surface area (TPSA) is 60.4 Å². The summed E-state index contributed by atoms with van der Waals surface area (Å²) in [6.07, 6.45) is 3.09. The zero-order valence-corrected chi connectivity index (χ0v) is 13.2. The lowest BCUT2D eigenvalue weighted by Gasteiger charge is -2.36. The molecule has 20 heavy (non-hydrogen) atoms. The second kappa shape index (κ2) is 7.65. The fraction of sp³-hybridized carbons (Fsp3) is 0.875. The average molecular weight is 282 g/mol. The van der Waals surface area contributed by atoms with Crippen LogP contribution in [-0.4, -0.2) is 29.9 Å². The molecule has 0 aromatic carbocycles. The third-order valence-corrected chi connectivity index (χ3v) is 3.87. The van der Waals surface area contributed by atoms with E-state index < -0.39 is 11.9 Å². The molecule has 2 atom stereocenters. The van der Waals surface area contributed by atoms with Crippen molar-refractivity contribution in [2.45, 2.75) is 53.4 Å². The highest BCUT2D eigenvalue weighted by molar-refractivity contribution is 5.84. The summed E-state index contributed by atoms with van der Waals surface area (Å²) in [5.74, 6) is -1.24. The molecule has 1 rings (SSSR count). The highest BCUT2D eigenvalue weighted by Gasteiger charge is 2.34. The Labute approximate surface area is 122 Å². The zero-order chi connectivity index (χ0) is 15.3. The molecule has 0 N–H and O–H groups in total. The van der Waals surface area contributed by atoms with E-state index in [0.29, 0.717) is 37.8 Å². The highest BCUT2D eigenvalue weighted by Crippen LogP contribution is 2.31. The smallest absolute Gasteiger partial charge is 0.226 e. The zero-order valence-electron chi connectivity index (χ0n) is 13.2. The molecule has 0 bridgehead atoms. The van der Waals surface area contributed by atoms with Gasteiger partial charge in [-0.2, -0.15) is 0 Å². The molecule has 1 fully saturated rings. The van der Waals surface area contributed by atoms with Gasteiger partial charge in [0.1, 0.15) is 0 Å². The summed E-state index contributed by atoms with van der Waals surface area (Å²) in [5, 5.41) is 11.3. The van der Waals surface area contributed by atoms with E-state index in [2.05, 4.69) is 27.7 Å². The van der Waals surface area contributed by atoms with Crippen LogP contribution in [0.1, 0.15) is 53.4 Å². The maximum atomic E-state index is 12.7. The van der Waals surface area contributed by atoms with E-state index in [0.717, 1.165) is 12.8 Å². The van der Waals surface area contributed by atoms with Crippen LogP contribution in [0, 0.1) is 23.7 Å². The van der Waals surface area contributed by atoms with E-state index >= 15 is 0 Å². The summed E-state index contributed by atoms with van der Waals surface area (Å²) >= 11 is 0. The molecule has 0 heterocycles. The molecule has 0 aromatic rings. The number of carboxylic acids is 1. The molecule has 4 heteroatoms.